The highest BCUT2D eigenvalue weighted by molar-refractivity contribution is 6.07. The Hall–Kier alpha value is -3.63. The smallest absolute Gasteiger partial charge is 0.331 e. The molecule has 3 aromatic rings. The Morgan fingerprint density at radius 3 is 2.34 bits per heavy atom. The van der Waals surface area contributed by atoms with Crippen molar-refractivity contribution >= 4 is 23.1 Å². The van der Waals surface area contributed by atoms with Gasteiger partial charge in [-0.2, -0.15) is 5.10 Å². The van der Waals surface area contributed by atoms with Crippen LogP contribution in [-0.2, 0) is 17.9 Å². The van der Waals surface area contributed by atoms with Crippen LogP contribution in [0.5, 0.6) is 11.5 Å². The van der Waals surface area contributed by atoms with Crippen molar-refractivity contribution in [2.75, 3.05) is 58.4 Å². The third-order valence-electron chi connectivity index (χ3n) is 9.10. The SMILES string of the molecule is CC.COc1ccc(CN2C(=O)CCN(c3cnn4ccc(CN5CCN(CC6CCCCC6)CC5)cc34)C2=O)c(OC)c1. The fourth-order valence-corrected chi connectivity index (χ4v) is 6.66. The van der Waals surface area contributed by atoms with Crippen molar-refractivity contribution in [2.24, 2.45) is 5.92 Å². The number of hydrogen-bond acceptors (Lipinski definition) is 7. The number of piperazine rings is 1. The first-order valence-electron chi connectivity index (χ1n) is 16.3. The third-order valence-corrected chi connectivity index (χ3v) is 9.10. The average Bonchev–Trinajstić information content (AvgIpc) is 3.48. The molecule has 4 heterocycles. The number of urea groups is 1. The lowest BCUT2D eigenvalue weighted by molar-refractivity contribution is -0.129. The number of methoxy groups -OCH3 is 2. The van der Waals surface area contributed by atoms with Gasteiger partial charge in [-0.1, -0.05) is 33.1 Å². The second-order valence-corrected chi connectivity index (χ2v) is 11.8. The summed E-state index contributed by atoms with van der Waals surface area (Å²) >= 11 is 0. The van der Waals surface area contributed by atoms with E-state index in [2.05, 4.69) is 27.0 Å². The van der Waals surface area contributed by atoms with Gasteiger partial charge in [0, 0.05) is 70.1 Å². The second kappa shape index (κ2) is 14.9. The van der Waals surface area contributed by atoms with Gasteiger partial charge in [0.25, 0.3) is 0 Å². The Morgan fingerprint density at radius 1 is 0.864 bits per heavy atom. The lowest BCUT2D eigenvalue weighted by Crippen LogP contribution is -2.52. The highest BCUT2D eigenvalue weighted by Crippen LogP contribution is 2.30. The van der Waals surface area contributed by atoms with Gasteiger partial charge in [-0.05, 0) is 48.6 Å². The van der Waals surface area contributed by atoms with E-state index >= 15 is 0 Å². The van der Waals surface area contributed by atoms with Crippen molar-refractivity contribution in [2.45, 2.75) is 65.5 Å². The van der Waals surface area contributed by atoms with E-state index in [1.807, 2.05) is 30.6 Å². The number of imide groups is 1. The first kappa shape index (κ1) is 31.8. The van der Waals surface area contributed by atoms with E-state index in [0.29, 0.717) is 18.0 Å². The van der Waals surface area contributed by atoms with Gasteiger partial charge in [0.1, 0.15) is 11.5 Å². The summed E-state index contributed by atoms with van der Waals surface area (Å²) in [4.78, 5) is 34.7. The minimum absolute atomic E-state index is 0.124. The van der Waals surface area contributed by atoms with E-state index in [1.165, 1.54) is 49.1 Å². The summed E-state index contributed by atoms with van der Waals surface area (Å²) in [5, 5.41) is 4.52. The molecular formula is C34H48N6O4. The summed E-state index contributed by atoms with van der Waals surface area (Å²) in [7, 11) is 3.16. The summed E-state index contributed by atoms with van der Waals surface area (Å²) in [5.74, 6) is 1.91. The predicted molar refractivity (Wildman–Crippen MR) is 172 cm³/mol. The van der Waals surface area contributed by atoms with Crippen LogP contribution in [0.25, 0.3) is 5.52 Å². The molecule has 2 aromatic heterocycles. The van der Waals surface area contributed by atoms with Crippen molar-refractivity contribution in [3.8, 4) is 11.5 Å². The number of ether oxygens (including phenoxy) is 2. The van der Waals surface area contributed by atoms with Crippen molar-refractivity contribution < 1.29 is 19.1 Å². The van der Waals surface area contributed by atoms with Gasteiger partial charge in [0.05, 0.1) is 38.2 Å². The molecule has 1 aliphatic carbocycles. The predicted octanol–water partition coefficient (Wildman–Crippen LogP) is 5.43. The van der Waals surface area contributed by atoms with Gasteiger partial charge in [-0.15, -0.1) is 0 Å². The number of anilines is 1. The Kier molecular flexibility index (Phi) is 10.8. The Balaban J connectivity index is 0.00000188. The number of amides is 3. The molecule has 10 nitrogen and oxygen atoms in total. The summed E-state index contributed by atoms with van der Waals surface area (Å²) in [6, 6.07) is 9.29. The molecule has 6 rings (SSSR count). The summed E-state index contributed by atoms with van der Waals surface area (Å²) < 4.78 is 12.6. The van der Waals surface area contributed by atoms with Gasteiger partial charge < -0.3 is 14.4 Å². The maximum atomic E-state index is 13.7. The number of fused-ring (bicyclic) bond motifs is 1. The number of nitrogens with zero attached hydrogens (tertiary/aromatic N) is 6. The summed E-state index contributed by atoms with van der Waals surface area (Å²) in [6.45, 7) is 11.0. The highest BCUT2D eigenvalue weighted by Gasteiger charge is 2.35. The second-order valence-electron chi connectivity index (χ2n) is 11.8. The fourth-order valence-electron chi connectivity index (χ4n) is 6.66. The molecule has 3 aliphatic rings. The number of benzene rings is 1. The Bertz CT molecular complexity index is 1410. The minimum atomic E-state index is -0.349. The van der Waals surface area contributed by atoms with Crippen LogP contribution in [0, 0.1) is 5.92 Å². The number of rotatable bonds is 9. The van der Waals surface area contributed by atoms with Crippen LogP contribution < -0.4 is 14.4 Å². The lowest BCUT2D eigenvalue weighted by atomic mass is 9.89. The van der Waals surface area contributed by atoms with Crippen LogP contribution in [0.4, 0.5) is 10.5 Å². The third kappa shape index (κ3) is 7.18. The van der Waals surface area contributed by atoms with E-state index in [1.54, 1.807) is 37.4 Å². The zero-order chi connectivity index (χ0) is 31.1. The molecule has 44 heavy (non-hydrogen) atoms. The minimum Gasteiger partial charge on any atom is -0.497 e. The van der Waals surface area contributed by atoms with Gasteiger partial charge in [-0.25, -0.2) is 9.31 Å². The maximum Gasteiger partial charge on any atom is 0.331 e. The molecule has 2 saturated heterocycles. The van der Waals surface area contributed by atoms with Gasteiger partial charge in [-0.3, -0.25) is 19.5 Å². The molecule has 3 fully saturated rings. The largest absolute Gasteiger partial charge is 0.497 e. The van der Waals surface area contributed by atoms with Crippen molar-refractivity contribution in [3.63, 3.8) is 0 Å². The topological polar surface area (TPSA) is 82.9 Å². The first-order chi connectivity index (χ1) is 21.5. The van der Waals surface area contributed by atoms with E-state index < -0.39 is 0 Å². The molecule has 0 radical (unpaired) electrons. The molecule has 1 saturated carbocycles. The van der Waals surface area contributed by atoms with E-state index in [0.717, 1.165) is 55.4 Å². The highest BCUT2D eigenvalue weighted by atomic mass is 16.5. The normalized spacial score (nSPS) is 18.8. The van der Waals surface area contributed by atoms with E-state index in [-0.39, 0.29) is 24.9 Å². The molecule has 3 amide bonds. The molecule has 1 aromatic carbocycles. The van der Waals surface area contributed by atoms with Gasteiger partial charge in [0.2, 0.25) is 5.91 Å². The fraction of sp³-hybridized carbons (Fsp3) is 0.559. The molecule has 0 atom stereocenters. The molecular weight excluding hydrogens is 556 g/mol. The Labute approximate surface area is 261 Å². The lowest BCUT2D eigenvalue weighted by Gasteiger charge is -2.37. The number of pyridine rings is 1. The zero-order valence-corrected chi connectivity index (χ0v) is 26.8. The molecule has 10 heteroatoms. The van der Waals surface area contributed by atoms with Crippen LogP contribution in [0.15, 0.2) is 42.7 Å². The molecule has 238 valence electrons. The first-order valence-corrected chi connectivity index (χ1v) is 16.3. The maximum absolute atomic E-state index is 13.7. The average molecular weight is 605 g/mol. The van der Waals surface area contributed by atoms with E-state index in [4.69, 9.17) is 9.47 Å². The zero-order valence-electron chi connectivity index (χ0n) is 26.8. The van der Waals surface area contributed by atoms with Crippen LogP contribution in [0.2, 0.25) is 0 Å². The molecule has 0 spiro atoms. The van der Waals surface area contributed by atoms with Gasteiger partial charge in [0.15, 0.2) is 0 Å². The van der Waals surface area contributed by atoms with Gasteiger partial charge >= 0.3 is 6.03 Å². The number of carbonyl (C=O) groups is 2. The van der Waals surface area contributed by atoms with Crippen molar-refractivity contribution in [1.82, 2.24) is 24.3 Å². The van der Waals surface area contributed by atoms with Crippen molar-refractivity contribution in [3.05, 3.63) is 53.9 Å². The summed E-state index contributed by atoms with van der Waals surface area (Å²) in [5.41, 5.74) is 3.53. The van der Waals surface area contributed by atoms with Crippen LogP contribution in [0.1, 0.15) is 63.5 Å². The Morgan fingerprint density at radius 2 is 1.61 bits per heavy atom. The molecule has 0 bridgehead atoms. The van der Waals surface area contributed by atoms with Crippen molar-refractivity contribution in [1.29, 1.82) is 0 Å². The quantitative estimate of drug-likeness (QED) is 0.322. The molecule has 0 unspecified atom stereocenters. The molecule has 0 N–H and O–H groups in total. The molecule has 2 aliphatic heterocycles. The van der Waals surface area contributed by atoms with Crippen LogP contribution in [0.3, 0.4) is 0 Å². The van der Waals surface area contributed by atoms with Crippen LogP contribution in [-0.4, -0.2) is 89.7 Å². The number of carbonyl (C=O) groups excluding carboxylic acids is 2. The van der Waals surface area contributed by atoms with E-state index in [9.17, 15) is 9.59 Å². The standard InChI is InChI=1S/C32H42N6O4.C2H6/c1-41-27-9-8-26(30(19-27)42-2)23-37-31(39)11-12-36(32(37)40)29-20-33-38-13-10-25(18-28(29)38)22-35-16-14-34(15-17-35)21-24-6-4-3-5-7-24;1-2/h8-10,13,18-20,24H,3-7,11-12,14-17,21-23H2,1-2H3;1-2H3. The monoisotopic (exact) mass is 604 g/mol. The number of aromatic nitrogens is 2. The van der Waals surface area contributed by atoms with Crippen LogP contribution >= 0.6 is 0 Å². The summed E-state index contributed by atoms with van der Waals surface area (Å²) in [6.07, 6.45) is 10.9. The number of hydrogen-bond donors (Lipinski definition) is 0.